The van der Waals surface area contributed by atoms with E-state index in [-0.39, 0.29) is 16.2 Å². The number of anilines is 1. The van der Waals surface area contributed by atoms with Crippen molar-refractivity contribution in [3.63, 3.8) is 0 Å². The Morgan fingerprint density at radius 3 is 2.16 bits per heavy atom. The summed E-state index contributed by atoms with van der Waals surface area (Å²) >= 11 is 0. The molecule has 1 fully saturated rings. The van der Waals surface area contributed by atoms with Crippen LogP contribution < -0.4 is 10.5 Å². The summed E-state index contributed by atoms with van der Waals surface area (Å²) in [6.07, 6.45) is 6.73. The Kier molecular flexibility index (Phi) is 9.87. The minimum atomic E-state index is -3.47. The smallest absolute Gasteiger partial charge is 0.289 e. The zero-order chi connectivity index (χ0) is 27.0. The number of rotatable bonds is 12. The Labute approximate surface area is 227 Å². The lowest BCUT2D eigenvalue weighted by Crippen LogP contribution is -2.49. The molecule has 1 aliphatic rings. The van der Waals surface area contributed by atoms with Crippen molar-refractivity contribution in [2.24, 2.45) is 0 Å². The monoisotopic (exact) mass is 556 g/mol. The summed E-state index contributed by atoms with van der Waals surface area (Å²) in [4.78, 5) is 15.8. The van der Waals surface area contributed by atoms with Gasteiger partial charge in [0.25, 0.3) is 5.56 Å². The molecule has 3 aromatic rings. The Morgan fingerprint density at radius 1 is 0.868 bits per heavy atom. The van der Waals surface area contributed by atoms with Crippen LogP contribution in [0.15, 0.2) is 76.6 Å². The fourth-order valence-electron chi connectivity index (χ4n) is 4.64. The second kappa shape index (κ2) is 13.3. The van der Waals surface area contributed by atoms with Crippen molar-refractivity contribution in [3.8, 4) is 5.69 Å². The summed E-state index contributed by atoms with van der Waals surface area (Å²) in [7, 11) is -4.97. The van der Waals surface area contributed by atoms with Gasteiger partial charge in [0.15, 0.2) is 0 Å². The fourth-order valence-corrected chi connectivity index (χ4v) is 7.53. The third-order valence-electron chi connectivity index (χ3n) is 6.74. The molecule has 0 amide bonds. The van der Waals surface area contributed by atoms with Gasteiger partial charge in [0.05, 0.1) is 34.1 Å². The number of nitrogens with zero attached hydrogens (tertiary/aromatic N) is 4. The van der Waals surface area contributed by atoms with Crippen molar-refractivity contribution in [2.45, 2.75) is 49.7 Å². The van der Waals surface area contributed by atoms with E-state index in [1.165, 1.54) is 8.99 Å². The van der Waals surface area contributed by atoms with Crippen LogP contribution in [0.2, 0.25) is 0 Å². The molecule has 2 aromatic carbocycles. The van der Waals surface area contributed by atoms with Crippen LogP contribution in [0.25, 0.3) is 5.69 Å². The van der Waals surface area contributed by atoms with Crippen LogP contribution in [0, 0.1) is 0 Å². The van der Waals surface area contributed by atoms with E-state index in [1.807, 2.05) is 53.4 Å². The maximum atomic E-state index is 13.6. The summed E-state index contributed by atoms with van der Waals surface area (Å²) in [6.45, 7) is 3.52. The van der Waals surface area contributed by atoms with Gasteiger partial charge >= 0.3 is 0 Å². The molecule has 0 aliphatic carbocycles. The van der Waals surface area contributed by atoms with E-state index in [1.54, 1.807) is 18.3 Å². The van der Waals surface area contributed by atoms with Crippen LogP contribution in [-0.2, 0) is 26.6 Å². The molecule has 10 heteroatoms. The highest BCUT2D eigenvalue weighted by atomic mass is 32.2. The van der Waals surface area contributed by atoms with Crippen molar-refractivity contribution < 1.29 is 12.6 Å². The minimum Gasteiger partial charge on any atom is -0.366 e. The van der Waals surface area contributed by atoms with Crippen LogP contribution in [0.1, 0.15) is 44.6 Å². The van der Waals surface area contributed by atoms with Crippen LogP contribution in [-0.4, -0.2) is 58.6 Å². The van der Waals surface area contributed by atoms with Gasteiger partial charge in [0, 0.05) is 31.9 Å². The molecule has 0 bridgehead atoms. The van der Waals surface area contributed by atoms with Gasteiger partial charge in [0.1, 0.15) is 4.90 Å². The third-order valence-corrected chi connectivity index (χ3v) is 10.1. The zero-order valence-electron chi connectivity index (χ0n) is 21.9. The first kappa shape index (κ1) is 28.2. The summed E-state index contributed by atoms with van der Waals surface area (Å²) in [5.74, 6) is 0.367. The van der Waals surface area contributed by atoms with Crippen molar-refractivity contribution in [2.75, 3.05) is 36.8 Å². The zero-order valence-corrected chi connectivity index (χ0v) is 23.5. The van der Waals surface area contributed by atoms with E-state index < -0.39 is 20.8 Å². The first-order chi connectivity index (χ1) is 18.4. The Hall–Kier alpha value is -2.82. The van der Waals surface area contributed by atoms with Crippen LogP contribution in [0.3, 0.4) is 0 Å². The lowest BCUT2D eigenvalue weighted by atomic mass is 10.2. The Bertz CT molecular complexity index is 1370. The van der Waals surface area contributed by atoms with Crippen molar-refractivity contribution in [3.05, 3.63) is 82.8 Å². The van der Waals surface area contributed by atoms with Crippen molar-refractivity contribution in [1.82, 2.24) is 14.1 Å². The summed E-state index contributed by atoms with van der Waals surface area (Å²) in [5.41, 5.74) is 1.51. The molecule has 2 heterocycles. The molecule has 38 heavy (non-hydrogen) atoms. The molecule has 1 aliphatic heterocycles. The van der Waals surface area contributed by atoms with E-state index in [0.29, 0.717) is 43.3 Å². The highest BCUT2D eigenvalue weighted by molar-refractivity contribution is 7.88. The lowest BCUT2D eigenvalue weighted by molar-refractivity contribution is 0.383. The first-order valence-electron chi connectivity index (χ1n) is 13.2. The molecule has 1 aromatic heterocycles. The maximum Gasteiger partial charge on any atom is 0.289 e. The molecular formula is C28H36N4O4S2. The van der Waals surface area contributed by atoms with Gasteiger partial charge in [-0.25, -0.2) is 8.42 Å². The first-order valence-corrected chi connectivity index (χ1v) is 16.2. The number of piperazine rings is 1. The molecule has 1 saturated heterocycles. The molecule has 0 saturated carbocycles. The van der Waals surface area contributed by atoms with Crippen LogP contribution in [0.5, 0.6) is 0 Å². The van der Waals surface area contributed by atoms with Gasteiger partial charge in [0.2, 0.25) is 10.0 Å². The predicted octanol–water partition coefficient (Wildman–Crippen LogP) is 3.96. The van der Waals surface area contributed by atoms with Crippen molar-refractivity contribution >= 4 is 26.5 Å². The molecule has 0 spiro atoms. The van der Waals surface area contributed by atoms with Gasteiger partial charge in [-0.3, -0.25) is 9.00 Å². The average molecular weight is 557 g/mol. The molecule has 0 radical (unpaired) electrons. The number of hydrogen-bond acceptors (Lipinski definition) is 6. The lowest BCUT2D eigenvalue weighted by Gasteiger charge is -2.35. The third kappa shape index (κ3) is 6.98. The van der Waals surface area contributed by atoms with E-state index in [2.05, 4.69) is 12.0 Å². The number of unbranched alkanes of at least 4 members (excludes halogenated alkanes) is 4. The normalized spacial score (nSPS) is 15.4. The number of benzene rings is 2. The molecule has 204 valence electrons. The fraction of sp³-hybridized carbons (Fsp3) is 0.429. The molecule has 0 N–H and O–H groups in total. The van der Waals surface area contributed by atoms with E-state index in [0.717, 1.165) is 37.7 Å². The van der Waals surface area contributed by atoms with Gasteiger partial charge in [-0.15, -0.1) is 0 Å². The van der Waals surface area contributed by atoms with Gasteiger partial charge in [-0.1, -0.05) is 81.1 Å². The second-order valence-electron chi connectivity index (χ2n) is 9.50. The quantitative estimate of drug-likeness (QED) is 0.314. The Morgan fingerprint density at radius 2 is 1.50 bits per heavy atom. The molecule has 8 nitrogen and oxygen atoms in total. The SMILES string of the molecule is CCCCCCCS(=O)c1c(N2CCN(S(=O)(=O)Cc3ccccc3)CC2)cnn(-c2ccccc2)c1=O. The van der Waals surface area contributed by atoms with Gasteiger partial charge < -0.3 is 4.90 Å². The molecule has 4 rings (SSSR count). The molecule has 1 unspecified atom stereocenters. The topological polar surface area (TPSA) is 92.6 Å². The summed E-state index contributed by atoms with van der Waals surface area (Å²) in [6, 6.07) is 18.3. The van der Waals surface area contributed by atoms with Crippen molar-refractivity contribution in [1.29, 1.82) is 0 Å². The van der Waals surface area contributed by atoms with E-state index >= 15 is 0 Å². The largest absolute Gasteiger partial charge is 0.366 e. The van der Waals surface area contributed by atoms with Gasteiger partial charge in [-0.2, -0.15) is 14.1 Å². The average Bonchev–Trinajstić information content (AvgIpc) is 2.93. The molecular weight excluding hydrogens is 520 g/mol. The maximum absolute atomic E-state index is 13.6. The standard InChI is InChI=1S/C28H36N4O4S2/c1-2-3-4-5-12-21-37(34)27-26(22-29-32(28(27)33)25-15-10-7-11-16-25)30-17-19-31(20-18-30)38(35,36)23-24-13-8-6-9-14-24/h6-11,13-16,22H,2-5,12,17-21,23H2,1H3. The molecule has 1 atom stereocenters. The highest BCUT2D eigenvalue weighted by Gasteiger charge is 2.30. The number of sulfonamides is 1. The highest BCUT2D eigenvalue weighted by Crippen LogP contribution is 2.24. The summed E-state index contributed by atoms with van der Waals surface area (Å²) < 4.78 is 42.3. The second-order valence-corrected chi connectivity index (χ2v) is 13.0. The van der Waals surface area contributed by atoms with Gasteiger partial charge in [-0.05, 0) is 24.1 Å². The van der Waals surface area contributed by atoms with Crippen LogP contribution in [0.4, 0.5) is 5.69 Å². The number of hydrogen-bond donors (Lipinski definition) is 0. The van der Waals surface area contributed by atoms with Crippen LogP contribution >= 0.6 is 0 Å². The number of para-hydroxylation sites is 1. The van der Waals surface area contributed by atoms with E-state index in [4.69, 9.17) is 0 Å². The summed E-state index contributed by atoms with van der Waals surface area (Å²) in [5, 5.41) is 4.41. The number of aromatic nitrogens is 2. The van der Waals surface area contributed by atoms with E-state index in [9.17, 15) is 17.4 Å². The minimum absolute atomic E-state index is 0.0458. The Balaban J connectivity index is 1.54. The predicted molar refractivity (Wildman–Crippen MR) is 153 cm³/mol.